The highest BCUT2D eigenvalue weighted by atomic mass is 35.5. The number of nitrogens with two attached hydrogens (primary N) is 1. The molecule has 1 aromatic rings. The lowest BCUT2D eigenvalue weighted by molar-refractivity contribution is -0.126. The third-order valence-electron chi connectivity index (χ3n) is 3.17. The van der Waals surface area contributed by atoms with Crippen molar-refractivity contribution in [3.63, 3.8) is 0 Å². The Labute approximate surface area is 111 Å². The highest BCUT2D eigenvalue weighted by molar-refractivity contribution is 6.30. The molecule has 0 unspecified atom stereocenters. The topological polar surface area (TPSA) is 77.2 Å². The van der Waals surface area contributed by atoms with Crippen molar-refractivity contribution in [1.82, 2.24) is 10.4 Å². The molecule has 0 bridgehead atoms. The van der Waals surface area contributed by atoms with E-state index in [1.54, 1.807) is 18.3 Å². The van der Waals surface area contributed by atoms with Crippen LogP contribution in [-0.4, -0.2) is 17.0 Å². The predicted molar refractivity (Wildman–Crippen MR) is 68.0 cm³/mol. The summed E-state index contributed by atoms with van der Waals surface area (Å²) in [5, 5.41) is 0.589. The van der Waals surface area contributed by atoms with Gasteiger partial charge in [0.2, 0.25) is 11.8 Å². The lowest BCUT2D eigenvalue weighted by atomic mass is 9.87. The van der Waals surface area contributed by atoms with Crippen LogP contribution in [0.4, 0.5) is 0 Å². The largest absolute Gasteiger partial charge is 0.474 e. The Kier molecular flexibility index (Phi) is 4.38. The van der Waals surface area contributed by atoms with Gasteiger partial charge in [-0.05, 0) is 31.7 Å². The van der Waals surface area contributed by atoms with Gasteiger partial charge in [0.15, 0.2) is 0 Å². The molecule has 0 aliphatic heterocycles. The van der Waals surface area contributed by atoms with Crippen LogP contribution in [0.5, 0.6) is 5.88 Å². The minimum absolute atomic E-state index is 0.00743. The molecule has 0 spiro atoms. The number of hydrogen-bond donors (Lipinski definition) is 2. The van der Waals surface area contributed by atoms with Gasteiger partial charge >= 0.3 is 0 Å². The van der Waals surface area contributed by atoms with Crippen molar-refractivity contribution >= 4 is 17.5 Å². The number of nitrogens with one attached hydrogen (secondary N) is 1. The quantitative estimate of drug-likeness (QED) is 0.497. The average Bonchev–Trinajstić information content (AvgIpc) is 2.41. The van der Waals surface area contributed by atoms with Crippen LogP contribution in [0.1, 0.15) is 25.7 Å². The SMILES string of the molecule is NNC(=O)C1CCC(Oc2ccc(Cl)cn2)CC1. The highest BCUT2D eigenvalue weighted by Crippen LogP contribution is 2.27. The number of aromatic nitrogens is 1. The van der Waals surface area contributed by atoms with Gasteiger partial charge in [-0.2, -0.15) is 0 Å². The molecule has 5 nitrogen and oxygen atoms in total. The molecule has 0 radical (unpaired) electrons. The molecule has 3 N–H and O–H groups in total. The highest BCUT2D eigenvalue weighted by Gasteiger charge is 2.26. The monoisotopic (exact) mass is 269 g/mol. The number of nitrogens with zero attached hydrogens (tertiary/aromatic N) is 1. The van der Waals surface area contributed by atoms with E-state index in [0.717, 1.165) is 25.7 Å². The van der Waals surface area contributed by atoms with Crippen molar-refractivity contribution < 1.29 is 9.53 Å². The zero-order chi connectivity index (χ0) is 13.0. The molecule has 1 aliphatic rings. The molecule has 1 amide bonds. The van der Waals surface area contributed by atoms with Crippen molar-refractivity contribution in [3.05, 3.63) is 23.4 Å². The Bertz CT molecular complexity index is 402. The molecule has 1 saturated carbocycles. The summed E-state index contributed by atoms with van der Waals surface area (Å²) >= 11 is 5.75. The zero-order valence-electron chi connectivity index (χ0n) is 9.93. The minimum Gasteiger partial charge on any atom is -0.474 e. The second kappa shape index (κ2) is 6.02. The predicted octanol–water partition coefficient (Wildman–Crippen LogP) is 1.66. The number of amides is 1. The van der Waals surface area contributed by atoms with Crippen LogP contribution in [0.25, 0.3) is 0 Å². The van der Waals surface area contributed by atoms with Crippen LogP contribution in [0.15, 0.2) is 18.3 Å². The fourth-order valence-electron chi connectivity index (χ4n) is 2.16. The minimum atomic E-state index is -0.0851. The Hall–Kier alpha value is -1.33. The standard InChI is InChI=1S/C12H16ClN3O2/c13-9-3-6-11(15-7-9)18-10-4-1-8(2-5-10)12(17)16-14/h3,6-8,10H,1-2,4-5,14H2,(H,16,17). The Morgan fingerprint density at radius 3 is 2.67 bits per heavy atom. The van der Waals surface area contributed by atoms with Gasteiger partial charge in [0.05, 0.1) is 5.02 Å². The van der Waals surface area contributed by atoms with Crippen LogP contribution in [0, 0.1) is 5.92 Å². The lowest BCUT2D eigenvalue weighted by Crippen LogP contribution is -2.38. The summed E-state index contributed by atoms with van der Waals surface area (Å²) in [7, 11) is 0. The number of hydrazine groups is 1. The van der Waals surface area contributed by atoms with Gasteiger partial charge in [0.1, 0.15) is 6.10 Å². The van der Waals surface area contributed by atoms with Crippen LogP contribution in [0.2, 0.25) is 5.02 Å². The van der Waals surface area contributed by atoms with E-state index >= 15 is 0 Å². The Morgan fingerprint density at radius 1 is 1.39 bits per heavy atom. The number of hydrogen-bond acceptors (Lipinski definition) is 4. The van der Waals surface area contributed by atoms with Crippen LogP contribution < -0.4 is 16.0 Å². The summed E-state index contributed by atoms with van der Waals surface area (Å²) < 4.78 is 5.74. The van der Waals surface area contributed by atoms with Crippen LogP contribution >= 0.6 is 11.6 Å². The van der Waals surface area contributed by atoms with Gasteiger partial charge in [-0.1, -0.05) is 11.6 Å². The smallest absolute Gasteiger partial charge is 0.236 e. The first-order chi connectivity index (χ1) is 8.69. The van der Waals surface area contributed by atoms with E-state index in [2.05, 4.69) is 10.4 Å². The van der Waals surface area contributed by atoms with Crippen molar-refractivity contribution in [1.29, 1.82) is 0 Å². The molecule has 1 fully saturated rings. The van der Waals surface area contributed by atoms with E-state index in [1.807, 2.05) is 0 Å². The normalized spacial score (nSPS) is 23.4. The maximum Gasteiger partial charge on any atom is 0.236 e. The zero-order valence-corrected chi connectivity index (χ0v) is 10.7. The van der Waals surface area contributed by atoms with E-state index in [1.165, 1.54) is 0 Å². The number of rotatable bonds is 3. The molecule has 0 aromatic carbocycles. The van der Waals surface area contributed by atoms with Crippen molar-refractivity contribution in [3.8, 4) is 5.88 Å². The molecule has 1 aromatic heterocycles. The average molecular weight is 270 g/mol. The summed E-state index contributed by atoms with van der Waals surface area (Å²) in [4.78, 5) is 15.5. The maximum atomic E-state index is 11.4. The molecule has 98 valence electrons. The Morgan fingerprint density at radius 2 is 2.11 bits per heavy atom. The molecular weight excluding hydrogens is 254 g/mol. The van der Waals surface area contributed by atoms with Crippen molar-refractivity contribution in [2.45, 2.75) is 31.8 Å². The molecule has 1 heterocycles. The van der Waals surface area contributed by atoms with Gasteiger partial charge in [-0.3, -0.25) is 10.2 Å². The summed E-state index contributed by atoms with van der Waals surface area (Å²) in [5.41, 5.74) is 2.20. The summed E-state index contributed by atoms with van der Waals surface area (Å²) in [6.45, 7) is 0. The van der Waals surface area contributed by atoms with Crippen molar-refractivity contribution in [2.75, 3.05) is 0 Å². The van der Waals surface area contributed by atoms with Crippen molar-refractivity contribution in [2.24, 2.45) is 11.8 Å². The second-order valence-corrected chi connectivity index (χ2v) is 4.85. The summed E-state index contributed by atoms with van der Waals surface area (Å²) in [5.74, 6) is 5.62. The second-order valence-electron chi connectivity index (χ2n) is 4.41. The molecule has 0 saturated heterocycles. The summed E-state index contributed by atoms with van der Waals surface area (Å²) in [6, 6.07) is 3.50. The van der Waals surface area contributed by atoms with E-state index in [-0.39, 0.29) is 17.9 Å². The third kappa shape index (κ3) is 3.34. The van der Waals surface area contributed by atoms with Gasteiger partial charge in [-0.15, -0.1) is 0 Å². The van der Waals surface area contributed by atoms with E-state index < -0.39 is 0 Å². The van der Waals surface area contributed by atoms with Gasteiger partial charge in [0.25, 0.3) is 0 Å². The van der Waals surface area contributed by atoms with Gasteiger partial charge in [-0.25, -0.2) is 10.8 Å². The van der Waals surface area contributed by atoms with E-state index in [0.29, 0.717) is 10.9 Å². The molecule has 2 rings (SSSR count). The van der Waals surface area contributed by atoms with Crippen LogP contribution in [0.3, 0.4) is 0 Å². The first kappa shape index (κ1) is 13.1. The maximum absolute atomic E-state index is 11.4. The Balaban J connectivity index is 1.83. The third-order valence-corrected chi connectivity index (χ3v) is 3.40. The molecule has 1 aliphatic carbocycles. The first-order valence-corrected chi connectivity index (χ1v) is 6.35. The van der Waals surface area contributed by atoms with Crippen LogP contribution in [-0.2, 0) is 4.79 Å². The number of carbonyl (C=O) groups excluding carboxylic acids is 1. The number of pyridine rings is 1. The number of carbonyl (C=O) groups is 1. The van der Waals surface area contributed by atoms with E-state index in [4.69, 9.17) is 22.2 Å². The fourth-order valence-corrected chi connectivity index (χ4v) is 2.28. The number of ether oxygens (including phenoxy) is 1. The lowest BCUT2D eigenvalue weighted by Gasteiger charge is -2.27. The molecule has 0 atom stereocenters. The van der Waals surface area contributed by atoms with Gasteiger partial charge < -0.3 is 4.74 Å². The molecule has 18 heavy (non-hydrogen) atoms. The number of halogens is 1. The molecule has 6 heteroatoms. The first-order valence-electron chi connectivity index (χ1n) is 5.97. The van der Waals surface area contributed by atoms with E-state index in [9.17, 15) is 4.79 Å². The van der Waals surface area contributed by atoms with Gasteiger partial charge in [0, 0.05) is 18.2 Å². The summed E-state index contributed by atoms with van der Waals surface area (Å²) in [6.07, 6.45) is 4.93. The fraction of sp³-hybridized carbons (Fsp3) is 0.500. The molecular formula is C12H16ClN3O2.